The Morgan fingerprint density at radius 1 is 1.55 bits per heavy atom. The zero-order valence-electron chi connectivity index (χ0n) is 11.4. The summed E-state index contributed by atoms with van der Waals surface area (Å²) in [5, 5.41) is 23.8. The number of benzene rings is 1. The lowest BCUT2D eigenvalue weighted by Crippen LogP contribution is -2.19. The third-order valence-corrected chi connectivity index (χ3v) is 3.33. The van der Waals surface area contributed by atoms with Gasteiger partial charge in [-0.1, -0.05) is 17.8 Å². The molecule has 1 heterocycles. The van der Waals surface area contributed by atoms with Crippen molar-refractivity contribution < 1.29 is 14.5 Å². The number of carbonyl (C=O) groups excluding carboxylic acids is 2. The molecule has 0 atom stereocenters. The zero-order valence-corrected chi connectivity index (χ0v) is 12.2. The van der Waals surface area contributed by atoms with Crippen LogP contribution in [0.25, 0.3) is 0 Å². The molecule has 114 valence electrons. The Morgan fingerprint density at radius 2 is 2.32 bits per heavy atom. The monoisotopic (exact) mass is 321 g/mol. The predicted molar refractivity (Wildman–Crippen MR) is 83.0 cm³/mol. The minimum atomic E-state index is -0.596. The summed E-state index contributed by atoms with van der Waals surface area (Å²) in [5.74, 6) is -0.246. The molecule has 1 fully saturated rings. The largest absolute Gasteiger partial charge is 0.321 e. The Bertz CT molecular complexity index is 701. The maximum Gasteiger partial charge on any atom is 0.293 e. The van der Waals surface area contributed by atoms with E-state index in [1.807, 2.05) is 0 Å². The molecule has 0 bridgehead atoms. The van der Waals surface area contributed by atoms with Crippen LogP contribution in [0.2, 0.25) is 0 Å². The van der Waals surface area contributed by atoms with E-state index in [9.17, 15) is 19.7 Å². The van der Waals surface area contributed by atoms with Gasteiger partial charge in [0.25, 0.3) is 5.69 Å². The summed E-state index contributed by atoms with van der Waals surface area (Å²) in [6, 6.07) is 4.25. The number of hydrogen-bond acceptors (Lipinski definition) is 7. The number of nitro benzene ring substituents is 1. The topological polar surface area (TPSA) is 126 Å². The molecule has 1 saturated heterocycles. The normalized spacial score (nSPS) is 16.0. The first-order valence-electron chi connectivity index (χ1n) is 6.05. The van der Waals surface area contributed by atoms with Gasteiger partial charge in [0.05, 0.1) is 16.9 Å². The first-order chi connectivity index (χ1) is 10.5. The molecule has 1 aromatic carbocycles. The van der Waals surface area contributed by atoms with Gasteiger partial charge in [-0.05, 0) is 6.07 Å². The van der Waals surface area contributed by atoms with E-state index in [1.54, 1.807) is 6.07 Å². The van der Waals surface area contributed by atoms with Gasteiger partial charge < -0.3 is 10.6 Å². The lowest BCUT2D eigenvalue weighted by Gasteiger charge is -2.03. The molecule has 22 heavy (non-hydrogen) atoms. The minimum Gasteiger partial charge on any atom is -0.321 e. The van der Waals surface area contributed by atoms with E-state index in [0.717, 1.165) is 0 Å². The van der Waals surface area contributed by atoms with Crippen molar-refractivity contribution in [2.24, 2.45) is 10.2 Å². The first-order valence-corrected chi connectivity index (χ1v) is 7.04. The molecular weight excluding hydrogens is 310 g/mol. The highest BCUT2D eigenvalue weighted by atomic mass is 32.2. The van der Waals surface area contributed by atoms with Gasteiger partial charge in [0.2, 0.25) is 11.8 Å². The number of anilines is 1. The van der Waals surface area contributed by atoms with Gasteiger partial charge in [-0.2, -0.15) is 5.10 Å². The number of amides is 2. The van der Waals surface area contributed by atoms with E-state index in [2.05, 4.69) is 20.8 Å². The van der Waals surface area contributed by atoms with Gasteiger partial charge in [0.15, 0.2) is 5.17 Å². The van der Waals surface area contributed by atoms with Crippen molar-refractivity contribution >= 4 is 46.3 Å². The Kier molecular flexibility index (Phi) is 4.84. The van der Waals surface area contributed by atoms with Crippen LogP contribution >= 0.6 is 11.8 Å². The highest BCUT2D eigenvalue weighted by Crippen LogP contribution is 2.25. The summed E-state index contributed by atoms with van der Waals surface area (Å²) >= 11 is 1.22. The lowest BCUT2D eigenvalue weighted by atomic mass is 10.2. The number of nitro groups is 1. The number of rotatable bonds is 4. The molecule has 2 rings (SSSR count). The van der Waals surface area contributed by atoms with Crippen molar-refractivity contribution in [1.29, 1.82) is 0 Å². The zero-order chi connectivity index (χ0) is 16.1. The SMILES string of the molecule is CC(=O)Nc1ccc(C=NN=C2NC(=O)CS2)cc1[N+](=O)[O-]. The molecule has 0 radical (unpaired) electrons. The average Bonchev–Trinajstić information content (AvgIpc) is 2.85. The molecule has 0 aromatic heterocycles. The summed E-state index contributed by atoms with van der Waals surface area (Å²) in [6.45, 7) is 1.27. The standard InChI is InChI=1S/C12H11N5O4S/c1-7(18)14-9-3-2-8(4-10(9)17(20)21)5-13-16-12-15-11(19)6-22-12/h2-5H,6H2,1H3,(H,14,18)(H,15,16,19). The molecule has 2 N–H and O–H groups in total. The van der Waals surface area contributed by atoms with Crippen molar-refractivity contribution in [3.63, 3.8) is 0 Å². The first kappa shape index (κ1) is 15.6. The average molecular weight is 321 g/mol. The highest BCUT2D eigenvalue weighted by Gasteiger charge is 2.16. The van der Waals surface area contributed by atoms with Gasteiger partial charge in [0, 0.05) is 18.6 Å². The fourth-order valence-corrected chi connectivity index (χ4v) is 2.23. The van der Waals surface area contributed by atoms with Gasteiger partial charge in [-0.3, -0.25) is 19.7 Å². The number of amidine groups is 1. The quantitative estimate of drug-likeness (QED) is 0.488. The second-order valence-corrected chi connectivity index (χ2v) is 5.17. The third kappa shape index (κ3) is 4.12. The van der Waals surface area contributed by atoms with Gasteiger partial charge in [0.1, 0.15) is 5.69 Å². The molecule has 1 aliphatic heterocycles. The van der Waals surface area contributed by atoms with Crippen LogP contribution in [0.1, 0.15) is 12.5 Å². The van der Waals surface area contributed by atoms with Crippen LogP contribution in [0, 0.1) is 10.1 Å². The van der Waals surface area contributed by atoms with E-state index in [-0.39, 0.29) is 17.3 Å². The van der Waals surface area contributed by atoms with Gasteiger partial charge in [-0.25, -0.2) is 0 Å². The lowest BCUT2D eigenvalue weighted by molar-refractivity contribution is -0.383. The van der Waals surface area contributed by atoms with Crippen molar-refractivity contribution in [2.45, 2.75) is 6.92 Å². The number of carbonyl (C=O) groups is 2. The smallest absolute Gasteiger partial charge is 0.293 e. The summed E-state index contributed by atoms with van der Waals surface area (Å²) in [6.07, 6.45) is 1.32. The van der Waals surface area contributed by atoms with Gasteiger partial charge in [-0.15, -0.1) is 5.10 Å². The van der Waals surface area contributed by atoms with Crippen LogP contribution < -0.4 is 10.6 Å². The molecule has 0 unspecified atom stereocenters. The summed E-state index contributed by atoms with van der Waals surface area (Å²) < 4.78 is 0. The predicted octanol–water partition coefficient (Wildman–Crippen LogP) is 1.11. The fraction of sp³-hybridized carbons (Fsp3) is 0.167. The van der Waals surface area contributed by atoms with E-state index in [4.69, 9.17) is 0 Å². The molecule has 9 nitrogen and oxygen atoms in total. The molecule has 0 aliphatic carbocycles. The Labute approximate surface area is 129 Å². The molecule has 0 spiro atoms. The van der Waals surface area contributed by atoms with Crippen molar-refractivity contribution in [2.75, 3.05) is 11.1 Å². The molecule has 10 heteroatoms. The summed E-state index contributed by atoms with van der Waals surface area (Å²) in [7, 11) is 0. The maximum absolute atomic E-state index is 11.0. The Balaban J connectivity index is 2.18. The molecule has 1 aliphatic rings. The Hall–Kier alpha value is -2.75. The van der Waals surface area contributed by atoms with Gasteiger partial charge >= 0.3 is 0 Å². The molecular formula is C12H11N5O4S. The molecule has 2 amide bonds. The second kappa shape index (κ2) is 6.80. The number of nitrogens with one attached hydrogen (secondary N) is 2. The molecule has 0 saturated carbocycles. The van der Waals surface area contributed by atoms with E-state index in [1.165, 1.54) is 37.0 Å². The van der Waals surface area contributed by atoms with Crippen LogP contribution in [0.5, 0.6) is 0 Å². The van der Waals surface area contributed by atoms with Crippen LogP contribution in [-0.4, -0.2) is 33.9 Å². The maximum atomic E-state index is 11.0. The highest BCUT2D eigenvalue weighted by molar-refractivity contribution is 8.15. The van der Waals surface area contributed by atoms with E-state index < -0.39 is 10.8 Å². The Morgan fingerprint density at radius 3 is 2.91 bits per heavy atom. The van der Waals surface area contributed by atoms with Crippen molar-refractivity contribution in [1.82, 2.24) is 5.32 Å². The van der Waals surface area contributed by atoms with Crippen LogP contribution in [0.4, 0.5) is 11.4 Å². The van der Waals surface area contributed by atoms with E-state index >= 15 is 0 Å². The number of nitrogens with zero attached hydrogens (tertiary/aromatic N) is 3. The van der Waals surface area contributed by atoms with Crippen LogP contribution in [0.3, 0.4) is 0 Å². The van der Waals surface area contributed by atoms with Crippen LogP contribution in [0.15, 0.2) is 28.4 Å². The van der Waals surface area contributed by atoms with Crippen molar-refractivity contribution in [3.8, 4) is 0 Å². The fourth-order valence-electron chi connectivity index (χ4n) is 1.60. The molecule has 1 aromatic rings. The summed E-state index contributed by atoms with van der Waals surface area (Å²) in [4.78, 5) is 32.4. The number of hydrogen-bond donors (Lipinski definition) is 2. The second-order valence-electron chi connectivity index (χ2n) is 4.20. The summed E-state index contributed by atoms with van der Waals surface area (Å²) in [5.41, 5.74) is 0.314. The van der Waals surface area contributed by atoms with Crippen LogP contribution in [-0.2, 0) is 9.59 Å². The van der Waals surface area contributed by atoms with E-state index in [0.29, 0.717) is 16.5 Å². The minimum absolute atomic E-state index is 0.111. The van der Waals surface area contributed by atoms with Crippen molar-refractivity contribution in [3.05, 3.63) is 33.9 Å². The number of thioether (sulfide) groups is 1. The third-order valence-electron chi connectivity index (χ3n) is 2.47.